The van der Waals surface area contributed by atoms with E-state index in [0.717, 1.165) is 5.56 Å². The molecule has 7 nitrogen and oxygen atoms in total. The molecule has 2 heterocycles. The minimum Gasteiger partial charge on any atom is -0.394 e. The SMILES string of the molecule is CS(=O)(=O)N1CCC(C(=O)NC[C@H](OCCO)c2ccsc2)CC1. The van der Waals surface area contributed by atoms with E-state index in [-0.39, 0.29) is 31.1 Å². The standard InChI is InChI=1S/C15H24N2O5S2/c1-24(20,21)17-5-2-12(3-6-17)15(19)16-10-14(22-8-7-18)13-4-9-23-11-13/h4,9,11-12,14,18H,2-3,5-8,10H2,1H3,(H,16,19)/t14-/m0/s1. The Balaban J connectivity index is 1.83. The van der Waals surface area contributed by atoms with E-state index in [1.807, 2.05) is 16.8 Å². The maximum absolute atomic E-state index is 12.3. The molecule has 2 rings (SSSR count). The highest BCUT2D eigenvalue weighted by molar-refractivity contribution is 7.88. The second-order valence-electron chi connectivity index (χ2n) is 5.82. The minimum absolute atomic E-state index is 0.0709. The summed E-state index contributed by atoms with van der Waals surface area (Å²) >= 11 is 1.55. The Bertz CT molecular complexity index is 610. The van der Waals surface area contributed by atoms with Crippen LogP contribution in [0.3, 0.4) is 0 Å². The number of carbonyl (C=O) groups is 1. The number of thiophene rings is 1. The van der Waals surface area contributed by atoms with Gasteiger partial charge in [0, 0.05) is 25.6 Å². The number of piperidine rings is 1. The number of hydrogen-bond acceptors (Lipinski definition) is 6. The number of nitrogens with one attached hydrogen (secondary N) is 1. The topological polar surface area (TPSA) is 95.9 Å². The minimum atomic E-state index is -3.18. The van der Waals surface area contributed by atoms with E-state index >= 15 is 0 Å². The highest BCUT2D eigenvalue weighted by atomic mass is 32.2. The lowest BCUT2D eigenvalue weighted by Crippen LogP contribution is -2.43. The van der Waals surface area contributed by atoms with Gasteiger partial charge >= 0.3 is 0 Å². The van der Waals surface area contributed by atoms with Gasteiger partial charge in [-0.15, -0.1) is 0 Å². The Morgan fingerprint density at radius 1 is 1.50 bits per heavy atom. The van der Waals surface area contributed by atoms with Gasteiger partial charge in [0.15, 0.2) is 0 Å². The van der Waals surface area contributed by atoms with Crippen molar-refractivity contribution in [2.75, 3.05) is 39.1 Å². The van der Waals surface area contributed by atoms with E-state index in [4.69, 9.17) is 9.84 Å². The highest BCUT2D eigenvalue weighted by Gasteiger charge is 2.29. The number of nitrogens with zero attached hydrogens (tertiary/aromatic N) is 1. The molecule has 24 heavy (non-hydrogen) atoms. The molecular formula is C15H24N2O5S2. The van der Waals surface area contributed by atoms with Crippen LogP contribution in [0.1, 0.15) is 24.5 Å². The van der Waals surface area contributed by atoms with Crippen LogP contribution in [0.5, 0.6) is 0 Å². The quantitative estimate of drug-likeness (QED) is 0.692. The molecule has 9 heteroatoms. The highest BCUT2D eigenvalue weighted by Crippen LogP contribution is 2.22. The summed E-state index contributed by atoms with van der Waals surface area (Å²) in [5.74, 6) is -0.250. The van der Waals surface area contributed by atoms with Gasteiger partial charge in [0.1, 0.15) is 6.10 Å². The van der Waals surface area contributed by atoms with Gasteiger partial charge in [-0.25, -0.2) is 12.7 Å². The van der Waals surface area contributed by atoms with Crippen molar-refractivity contribution in [1.29, 1.82) is 0 Å². The first-order valence-corrected chi connectivity index (χ1v) is 10.7. The summed E-state index contributed by atoms with van der Waals surface area (Å²) in [6.07, 6.45) is 1.96. The van der Waals surface area contributed by atoms with Crippen LogP contribution in [-0.2, 0) is 19.6 Å². The summed E-state index contributed by atoms with van der Waals surface area (Å²) in [6.45, 7) is 1.24. The fourth-order valence-corrected chi connectivity index (χ4v) is 4.29. The number of hydrogen-bond donors (Lipinski definition) is 2. The van der Waals surface area contributed by atoms with Crippen molar-refractivity contribution < 1.29 is 23.1 Å². The largest absolute Gasteiger partial charge is 0.394 e. The molecule has 1 aromatic rings. The van der Waals surface area contributed by atoms with E-state index in [1.54, 1.807) is 11.3 Å². The zero-order valence-corrected chi connectivity index (χ0v) is 15.3. The first-order chi connectivity index (χ1) is 11.4. The Morgan fingerprint density at radius 3 is 2.75 bits per heavy atom. The molecule has 1 aromatic heterocycles. The van der Waals surface area contributed by atoms with E-state index in [9.17, 15) is 13.2 Å². The van der Waals surface area contributed by atoms with Crippen molar-refractivity contribution in [2.45, 2.75) is 18.9 Å². The Hall–Kier alpha value is -1.00. The third-order valence-electron chi connectivity index (χ3n) is 4.08. The number of rotatable bonds is 8. The van der Waals surface area contributed by atoms with Crippen molar-refractivity contribution in [3.8, 4) is 0 Å². The van der Waals surface area contributed by atoms with Crippen molar-refractivity contribution >= 4 is 27.3 Å². The van der Waals surface area contributed by atoms with Crippen LogP contribution in [0.4, 0.5) is 0 Å². The summed E-state index contributed by atoms with van der Waals surface area (Å²) in [5, 5.41) is 15.7. The Kier molecular flexibility index (Phi) is 7.17. The number of amides is 1. The predicted octanol–water partition coefficient (Wildman–Crippen LogP) is 0.586. The van der Waals surface area contributed by atoms with E-state index in [1.165, 1.54) is 10.6 Å². The number of carbonyl (C=O) groups excluding carboxylic acids is 1. The fraction of sp³-hybridized carbons (Fsp3) is 0.667. The molecule has 0 unspecified atom stereocenters. The van der Waals surface area contributed by atoms with Gasteiger partial charge in [-0.2, -0.15) is 11.3 Å². The first kappa shape index (κ1) is 19.3. The molecule has 1 saturated heterocycles. The Labute approximate surface area is 146 Å². The molecule has 1 amide bonds. The zero-order valence-electron chi connectivity index (χ0n) is 13.7. The summed E-state index contributed by atoms with van der Waals surface area (Å²) in [6, 6.07) is 1.93. The summed E-state index contributed by atoms with van der Waals surface area (Å²) in [7, 11) is -3.18. The average Bonchev–Trinajstić information content (AvgIpc) is 3.08. The average molecular weight is 377 g/mol. The summed E-state index contributed by atoms with van der Waals surface area (Å²) < 4.78 is 30.0. The number of aliphatic hydroxyl groups is 1. The van der Waals surface area contributed by atoms with Gasteiger partial charge in [0.25, 0.3) is 0 Å². The van der Waals surface area contributed by atoms with Crippen LogP contribution in [0.15, 0.2) is 16.8 Å². The second-order valence-corrected chi connectivity index (χ2v) is 8.58. The molecule has 0 aromatic carbocycles. The molecule has 0 saturated carbocycles. The molecule has 136 valence electrons. The van der Waals surface area contributed by atoms with E-state index < -0.39 is 10.0 Å². The molecule has 0 spiro atoms. The monoisotopic (exact) mass is 376 g/mol. The first-order valence-electron chi connectivity index (χ1n) is 7.89. The van der Waals surface area contributed by atoms with Crippen molar-refractivity contribution in [2.24, 2.45) is 5.92 Å². The molecule has 1 aliphatic rings. The van der Waals surface area contributed by atoms with Crippen molar-refractivity contribution in [1.82, 2.24) is 9.62 Å². The molecule has 0 aliphatic carbocycles. The molecule has 2 N–H and O–H groups in total. The molecule has 0 radical (unpaired) electrons. The second kappa shape index (κ2) is 8.91. The number of sulfonamides is 1. The zero-order chi connectivity index (χ0) is 17.6. The van der Waals surface area contributed by atoms with Gasteiger partial charge in [0.2, 0.25) is 15.9 Å². The Morgan fingerprint density at radius 2 is 2.21 bits per heavy atom. The predicted molar refractivity (Wildman–Crippen MR) is 92.2 cm³/mol. The van der Waals surface area contributed by atoms with Crippen LogP contribution in [0.25, 0.3) is 0 Å². The van der Waals surface area contributed by atoms with Crippen LogP contribution in [0.2, 0.25) is 0 Å². The lowest BCUT2D eigenvalue weighted by molar-refractivity contribution is -0.126. The van der Waals surface area contributed by atoms with Crippen LogP contribution in [0, 0.1) is 5.92 Å². The third-order valence-corrected chi connectivity index (χ3v) is 6.09. The van der Waals surface area contributed by atoms with Gasteiger partial charge in [-0.3, -0.25) is 4.79 Å². The van der Waals surface area contributed by atoms with Crippen LogP contribution in [-0.4, -0.2) is 62.8 Å². The molecule has 1 atom stereocenters. The van der Waals surface area contributed by atoms with Gasteiger partial charge in [-0.1, -0.05) is 0 Å². The molecule has 1 aliphatic heterocycles. The maximum atomic E-state index is 12.3. The molecular weight excluding hydrogens is 352 g/mol. The molecule has 1 fully saturated rings. The normalized spacial score (nSPS) is 18.4. The summed E-state index contributed by atoms with van der Waals surface area (Å²) in [4.78, 5) is 12.3. The third kappa shape index (κ3) is 5.52. The van der Waals surface area contributed by atoms with Crippen molar-refractivity contribution in [3.63, 3.8) is 0 Å². The fourth-order valence-electron chi connectivity index (χ4n) is 2.71. The van der Waals surface area contributed by atoms with Crippen molar-refractivity contribution in [3.05, 3.63) is 22.4 Å². The van der Waals surface area contributed by atoms with E-state index in [2.05, 4.69) is 5.32 Å². The summed E-state index contributed by atoms with van der Waals surface area (Å²) in [5.41, 5.74) is 0.973. The van der Waals surface area contributed by atoms with Crippen LogP contribution < -0.4 is 5.32 Å². The molecule has 0 bridgehead atoms. The lowest BCUT2D eigenvalue weighted by atomic mass is 9.97. The van der Waals surface area contributed by atoms with Gasteiger partial charge in [-0.05, 0) is 35.2 Å². The smallest absolute Gasteiger partial charge is 0.223 e. The maximum Gasteiger partial charge on any atom is 0.223 e. The van der Waals surface area contributed by atoms with Crippen LogP contribution >= 0.6 is 11.3 Å². The number of aliphatic hydroxyl groups excluding tert-OH is 1. The number of ether oxygens (including phenoxy) is 1. The van der Waals surface area contributed by atoms with Gasteiger partial charge in [0.05, 0.1) is 19.5 Å². The lowest BCUT2D eigenvalue weighted by Gasteiger charge is -2.29. The van der Waals surface area contributed by atoms with E-state index in [0.29, 0.717) is 32.5 Å². The van der Waals surface area contributed by atoms with Gasteiger partial charge < -0.3 is 15.2 Å².